The molecular formula is C26H24ClF3N4O5. The first-order valence-corrected chi connectivity index (χ1v) is 12.4. The molecule has 0 spiro atoms. The van der Waals surface area contributed by atoms with Gasteiger partial charge in [0.2, 0.25) is 0 Å². The van der Waals surface area contributed by atoms with Gasteiger partial charge in [-0.3, -0.25) is 18.5 Å². The summed E-state index contributed by atoms with van der Waals surface area (Å²) in [6, 6.07) is 4.78. The molecule has 39 heavy (non-hydrogen) atoms. The van der Waals surface area contributed by atoms with Crippen LogP contribution in [0.15, 0.2) is 68.8 Å². The van der Waals surface area contributed by atoms with Gasteiger partial charge in [0.25, 0.3) is 5.56 Å². The van der Waals surface area contributed by atoms with Crippen LogP contribution in [0, 0.1) is 5.41 Å². The molecule has 0 bridgehead atoms. The van der Waals surface area contributed by atoms with E-state index in [4.69, 9.17) is 16.3 Å². The van der Waals surface area contributed by atoms with Crippen LogP contribution in [0.1, 0.15) is 19.3 Å². The summed E-state index contributed by atoms with van der Waals surface area (Å²) in [5, 5.41) is 10.4. The van der Waals surface area contributed by atoms with Crippen LogP contribution < -0.4 is 20.7 Å². The maximum absolute atomic E-state index is 13.7. The van der Waals surface area contributed by atoms with Crippen molar-refractivity contribution in [2.45, 2.75) is 38.7 Å². The fraction of sp³-hybridized carbons (Fsp3) is 0.346. The SMILES string of the molecule is Cn1c(=O)n(CC2(CO)CC2)c(=O)c2c1nc(Oc1cccc(OC(F)(F)F)c1)n2CC1=CC=C(Cl)CC=C1. The fourth-order valence-corrected chi connectivity index (χ4v) is 4.52. The van der Waals surface area contributed by atoms with Crippen molar-refractivity contribution in [2.75, 3.05) is 6.61 Å². The van der Waals surface area contributed by atoms with E-state index in [9.17, 15) is 27.9 Å². The number of ether oxygens (including phenoxy) is 2. The molecule has 1 aromatic carbocycles. The zero-order chi connectivity index (χ0) is 27.9. The van der Waals surface area contributed by atoms with Crippen LogP contribution in [0.3, 0.4) is 0 Å². The van der Waals surface area contributed by atoms with Crippen LogP contribution in [-0.2, 0) is 20.1 Å². The summed E-state index contributed by atoms with van der Waals surface area (Å²) in [5.41, 5.74) is -0.904. The molecule has 0 atom stereocenters. The van der Waals surface area contributed by atoms with Crippen molar-refractivity contribution in [1.82, 2.24) is 18.7 Å². The zero-order valence-electron chi connectivity index (χ0n) is 20.7. The maximum Gasteiger partial charge on any atom is 0.573 e. The summed E-state index contributed by atoms with van der Waals surface area (Å²) in [4.78, 5) is 31.3. The normalized spacial score (nSPS) is 16.6. The molecule has 2 aliphatic rings. The third kappa shape index (κ3) is 5.66. The van der Waals surface area contributed by atoms with E-state index in [0.29, 0.717) is 24.3 Å². The summed E-state index contributed by atoms with van der Waals surface area (Å²) in [6.45, 7) is -0.0280. The lowest BCUT2D eigenvalue weighted by molar-refractivity contribution is -0.274. The van der Waals surface area contributed by atoms with Crippen LogP contribution in [0.5, 0.6) is 17.5 Å². The topological polar surface area (TPSA) is 101 Å². The predicted molar refractivity (Wildman–Crippen MR) is 137 cm³/mol. The van der Waals surface area contributed by atoms with E-state index in [1.165, 1.54) is 28.3 Å². The van der Waals surface area contributed by atoms with Gasteiger partial charge in [0.05, 0.1) is 13.2 Å². The Morgan fingerprint density at radius 1 is 1.15 bits per heavy atom. The number of allylic oxidation sites excluding steroid dienone is 6. The minimum absolute atomic E-state index is 0.0239. The van der Waals surface area contributed by atoms with Crippen molar-refractivity contribution >= 4 is 22.8 Å². The van der Waals surface area contributed by atoms with Gasteiger partial charge in [-0.05, 0) is 36.6 Å². The number of aliphatic hydroxyl groups excluding tert-OH is 1. The van der Waals surface area contributed by atoms with E-state index >= 15 is 0 Å². The molecule has 1 fully saturated rings. The second kappa shape index (κ2) is 10.1. The van der Waals surface area contributed by atoms with Gasteiger partial charge >= 0.3 is 18.1 Å². The highest BCUT2D eigenvalue weighted by atomic mass is 35.5. The lowest BCUT2D eigenvalue weighted by atomic mass is 10.1. The highest BCUT2D eigenvalue weighted by Gasteiger charge is 2.43. The molecule has 206 valence electrons. The summed E-state index contributed by atoms with van der Waals surface area (Å²) < 4.78 is 51.9. The number of halogens is 4. The quantitative estimate of drug-likeness (QED) is 0.436. The number of alkyl halides is 3. The van der Waals surface area contributed by atoms with Crippen LogP contribution in [-0.4, -0.2) is 36.8 Å². The molecule has 0 amide bonds. The Balaban J connectivity index is 1.65. The Labute approximate surface area is 224 Å². The molecule has 0 saturated heterocycles. The maximum atomic E-state index is 13.7. The molecular weight excluding hydrogens is 541 g/mol. The van der Waals surface area contributed by atoms with E-state index in [0.717, 1.165) is 22.3 Å². The molecule has 3 aromatic rings. The van der Waals surface area contributed by atoms with E-state index in [2.05, 4.69) is 9.72 Å². The first kappa shape index (κ1) is 26.8. The second-order valence-electron chi connectivity index (χ2n) is 9.63. The molecule has 1 saturated carbocycles. The van der Waals surface area contributed by atoms with E-state index < -0.39 is 28.8 Å². The standard InChI is InChI=1S/C26H24ClF3N4O5/c1-32-21-20(22(36)34(24(32)37)14-25(15-35)10-11-25)33(13-16-4-2-5-17(27)9-8-16)23(31-21)38-18-6-3-7-19(12-18)39-26(28,29)30/h2-4,6-9,12,35H,5,10-11,13-15H2,1H3. The zero-order valence-corrected chi connectivity index (χ0v) is 21.5. The van der Waals surface area contributed by atoms with E-state index in [-0.39, 0.29) is 42.6 Å². The average molecular weight is 565 g/mol. The van der Waals surface area contributed by atoms with Gasteiger partial charge in [0.1, 0.15) is 11.5 Å². The smallest absolute Gasteiger partial charge is 0.425 e. The molecule has 0 aliphatic heterocycles. The number of imidazole rings is 1. The number of hydrogen-bond donors (Lipinski definition) is 1. The van der Waals surface area contributed by atoms with Crippen molar-refractivity contribution in [3.63, 3.8) is 0 Å². The first-order valence-electron chi connectivity index (χ1n) is 12.0. The average Bonchev–Trinajstić information content (AvgIpc) is 3.61. The lowest BCUT2D eigenvalue weighted by Crippen LogP contribution is -2.42. The van der Waals surface area contributed by atoms with Crippen molar-refractivity contribution in [3.05, 3.63) is 80.0 Å². The molecule has 0 radical (unpaired) electrons. The van der Waals surface area contributed by atoms with Crippen molar-refractivity contribution in [2.24, 2.45) is 12.5 Å². The number of aromatic nitrogens is 4. The molecule has 1 N–H and O–H groups in total. The van der Waals surface area contributed by atoms with E-state index in [1.54, 1.807) is 12.2 Å². The van der Waals surface area contributed by atoms with Gasteiger partial charge in [-0.15, -0.1) is 13.2 Å². The van der Waals surface area contributed by atoms with Crippen LogP contribution >= 0.6 is 11.6 Å². The predicted octanol–water partition coefficient (Wildman–Crippen LogP) is 4.37. The highest BCUT2D eigenvalue weighted by molar-refractivity contribution is 6.29. The Kier molecular flexibility index (Phi) is 6.93. The van der Waals surface area contributed by atoms with Crippen LogP contribution in [0.2, 0.25) is 0 Å². The molecule has 2 aliphatic carbocycles. The first-order chi connectivity index (χ1) is 18.5. The van der Waals surface area contributed by atoms with E-state index in [1.807, 2.05) is 12.2 Å². The molecule has 9 nitrogen and oxygen atoms in total. The van der Waals surface area contributed by atoms with Gasteiger partial charge in [-0.2, -0.15) is 4.98 Å². The summed E-state index contributed by atoms with van der Waals surface area (Å²) >= 11 is 6.15. The molecule has 2 heterocycles. The Morgan fingerprint density at radius 3 is 2.59 bits per heavy atom. The second-order valence-corrected chi connectivity index (χ2v) is 10.1. The summed E-state index contributed by atoms with van der Waals surface area (Å²) in [6.07, 6.45) is 4.16. The minimum atomic E-state index is -4.89. The van der Waals surface area contributed by atoms with Gasteiger partial charge < -0.3 is 14.6 Å². The Bertz CT molecular complexity index is 1640. The molecule has 0 unspecified atom stereocenters. The fourth-order valence-electron chi connectivity index (χ4n) is 4.37. The van der Waals surface area contributed by atoms with Gasteiger partial charge in [0, 0.05) is 36.5 Å². The number of benzene rings is 1. The van der Waals surface area contributed by atoms with Gasteiger partial charge in [-0.25, -0.2) is 4.79 Å². The van der Waals surface area contributed by atoms with Gasteiger partial charge in [-0.1, -0.05) is 35.9 Å². The molecule has 2 aromatic heterocycles. The number of aliphatic hydroxyl groups is 1. The van der Waals surface area contributed by atoms with Crippen LogP contribution in [0.4, 0.5) is 13.2 Å². The largest absolute Gasteiger partial charge is 0.573 e. The van der Waals surface area contributed by atoms with Gasteiger partial charge in [0.15, 0.2) is 11.2 Å². The number of hydrogen-bond acceptors (Lipinski definition) is 6. The summed E-state index contributed by atoms with van der Waals surface area (Å²) in [5.74, 6) is -0.519. The molecule has 13 heteroatoms. The summed E-state index contributed by atoms with van der Waals surface area (Å²) in [7, 11) is 1.46. The monoisotopic (exact) mass is 564 g/mol. The highest BCUT2D eigenvalue weighted by Crippen LogP contribution is 2.46. The Hall–Kier alpha value is -3.77. The number of nitrogens with zero attached hydrogens (tertiary/aromatic N) is 4. The molecule has 5 rings (SSSR count). The van der Waals surface area contributed by atoms with Crippen LogP contribution in [0.25, 0.3) is 11.2 Å². The van der Waals surface area contributed by atoms with Crippen molar-refractivity contribution < 1.29 is 27.8 Å². The number of fused-ring (bicyclic) bond motifs is 1. The van der Waals surface area contributed by atoms with Crippen molar-refractivity contribution in [1.29, 1.82) is 0 Å². The number of rotatable bonds is 8. The third-order valence-corrected chi connectivity index (χ3v) is 6.98. The number of aryl methyl sites for hydroxylation is 1. The minimum Gasteiger partial charge on any atom is -0.425 e. The third-order valence-electron chi connectivity index (χ3n) is 6.70. The lowest BCUT2D eigenvalue weighted by Gasteiger charge is -2.15. The van der Waals surface area contributed by atoms with Crippen molar-refractivity contribution in [3.8, 4) is 17.5 Å². The Morgan fingerprint density at radius 2 is 1.90 bits per heavy atom.